The Balaban J connectivity index is 2.04. The van der Waals surface area contributed by atoms with Crippen LogP contribution in [-0.2, 0) is 10.9 Å². The van der Waals surface area contributed by atoms with Gasteiger partial charge in [-0.25, -0.2) is 0 Å². The van der Waals surface area contributed by atoms with E-state index < -0.39 is 11.7 Å². The highest BCUT2D eigenvalue weighted by Crippen LogP contribution is 2.36. The van der Waals surface area contributed by atoms with Crippen LogP contribution in [0, 0.1) is 11.3 Å². The molecule has 3 nitrogen and oxygen atoms in total. The van der Waals surface area contributed by atoms with Crippen molar-refractivity contribution in [1.82, 2.24) is 0 Å². The molecule has 1 saturated heterocycles. The van der Waals surface area contributed by atoms with Crippen molar-refractivity contribution in [2.24, 2.45) is 0 Å². The normalized spacial score (nSPS) is 18.8. The molecule has 1 fully saturated rings. The number of hydrogen-bond donors (Lipinski definition) is 0. The van der Waals surface area contributed by atoms with Crippen LogP contribution in [0.15, 0.2) is 18.2 Å². The Labute approximate surface area is 114 Å². The van der Waals surface area contributed by atoms with E-state index in [0.29, 0.717) is 13.0 Å². The average molecular weight is 285 g/mol. The van der Waals surface area contributed by atoms with Crippen LogP contribution in [0.1, 0.15) is 30.4 Å². The molecule has 1 aliphatic rings. The van der Waals surface area contributed by atoms with Crippen molar-refractivity contribution in [3.63, 3.8) is 0 Å². The second kappa shape index (κ2) is 6.14. The Morgan fingerprint density at radius 1 is 1.40 bits per heavy atom. The van der Waals surface area contributed by atoms with E-state index in [1.54, 1.807) is 6.07 Å². The predicted octanol–water partition coefficient (Wildman–Crippen LogP) is 3.52. The Morgan fingerprint density at radius 2 is 2.20 bits per heavy atom. The number of rotatable bonds is 4. The van der Waals surface area contributed by atoms with Gasteiger partial charge in [0.05, 0.1) is 29.9 Å². The molecule has 6 heteroatoms. The van der Waals surface area contributed by atoms with Gasteiger partial charge in [-0.1, -0.05) is 0 Å². The summed E-state index contributed by atoms with van der Waals surface area (Å²) in [7, 11) is 0. The van der Waals surface area contributed by atoms with Gasteiger partial charge >= 0.3 is 6.18 Å². The lowest BCUT2D eigenvalue weighted by Crippen LogP contribution is -2.13. The molecule has 0 radical (unpaired) electrons. The van der Waals surface area contributed by atoms with Crippen molar-refractivity contribution >= 4 is 0 Å². The van der Waals surface area contributed by atoms with Gasteiger partial charge in [0, 0.05) is 13.0 Å². The number of halogens is 3. The van der Waals surface area contributed by atoms with Gasteiger partial charge < -0.3 is 9.47 Å². The Morgan fingerprint density at radius 3 is 2.80 bits per heavy atom. The van der Waals surface area contributed by atoms with Crippen LogP contribution in [0.3, 0.4) is 0 Å². The topological polar surface area (TPSA) is 42.2 Å². The zero-order chi connectivity index (χ0) is 14.6. The zero-order valence-electron chi connectivity index (χ0n) is 10.7. The van der Waals surface area contributed by atoms with Gasteiger partial charge in [0.1, 0.15) is 5.75 Å². The lowest BCUT2D eigenvalue weighted by Gasteiger charge is -2.15. The van der Waals surface area contributed by atoms with Crippen LogP contribution >= 0.6 is 0 Å². The van der Waals surface area contributed by atoms with Crippen molar-refractivity contribution in [2.75, 3.05) is 13.2 Å². The summed E-state index contributed by atoms with van der Waals surface area (Å²) in [6, 6.07) is 5.01. The van der Waals surface area contributed by atoms with E-state index in [9.17, 15) is 13.2 Å². The SMILES string of the molecule is N#Cc1ccc(OCCC2CCCO2)c(C(F)(F)F)c1. The molecule has 0 saturated carbocycles. The van der Waals surface area contributed by atoms with Crippen LogP contribution in [0.25, 0.3) is 0 Å². The molecule has 0 aromatic heterocycles. The van der Waals surface area contributed by atoms with Gasteiger partial charge in [-0.2, -0.15) is 18.4 Å². The summed E-state index contributed by atoms with van der Waals surface area (Å²) < 4.78 is 49.2. The minimum absolute atomic E-state index is 0.0381. The van der Waals surface area contributed by atoms with Crippen LogP contribution < -0.4 is 4.74 Å². The fourth-order valence-electron chi connectivity index (χ4n) is 2.12. The molecule has 1 aromatic rings. The number of nitrogens with zero attached hydrogens (tertiary/aromatic N) is 1. The first-order valence-corrected chi connectivity index (χ1v) is 6.36. The van der Waals surface area contributed by atoms with Crippen molar-refractivity contribution in [1.29, 1.82) is 5.26 Å². The lowest BCUT2D eigenvalue weighted by molar-refractivity contribution is -0.139. The van der Waals surface area contributed by atoms with Gasteiger partial charge in [0.15, 0.2) is 0 Å². The van der Waals surface area contributed by atoms with Crippen LogP contribution in [-0.4, -0.2) is 19.3 Å². The van der Waals surface area contributed by atoms with E-state index >= 15 is 0 Å². The van der Waals surface area contributed by atoms with Crippen LogP contribution in [0.4, 0.5) is 13.2 Å². The highest BCUT2D eigenvalue weighted by atomic mass is 19.4. The molecule has 0 N–H and O–H groups in total. The smallest absolute Gasteiger partial charge is 0.420 e. The molecule has 1 atom stereocenters. The quantitative estimate of drug-likeness (QED) is 0.850. The van der Waals surface area contributed by atoms with Gasteiger partial charge in [-0.15, -0.1) is 0 Å². The maximum atomic E-state index is 12.9. The molecule has 108 valence electrons. The van der Waals surface area contributed by atoms with Gasteiger partial charge in [0.25, 0.3) is 0 Å². The number of ether oxygens (including phenoxy) is 2. The van der Waals surface area contributed by atoms with Gasteiger partial charge in [0.2, 0.25) is 0 Å². The summed E-state index contributed by atoms with van der Waals surface area (Å²) in [4.78, 5) is 0. The standard InChI is InChI=1S/C14H14F3NO2/c15-14(16,17)12-8-10(9-18)3-4-13(12)20-7-5-11-2-1-6-19-11/h3-4,8,11H,1-2,5-7H2. The molecule has 1 heterocycles. The highest BCUT2D eigenvalue weighted by molar-refractivity contribution is 5.43. The first-order valence-electron chi connectivity index (χ1n) is 6.36. The zero-order valence-corrected chi connectivity index (χ0v) is 10.7. The molecule has 1 aliphatic heterocycles. The third-order valence-electron chi connectivity index (χ3n) is 3.14. The molecule has 20 heavy (non-hydrogen) atoms. The van der Waals surface area contributed by atoms with Crippen LogP contribution in [0.5, 0.6) is 5.75 Å². The largest absolute Gasteiger partial charge is 0.493 e. The number of nitriles is 1. The minimum Gasteiger partial charge on any atom is -0.493 e. The van der Waals surface area contributed by atoms with E-state index in [2.05, 4.69) is 0 Å². The fraction of sp³-hybridized carbons (Fsp3) is 0.500. The Bertz CT molecular complexity index is 502. The average Bonchev–Trinajstić information content (AvgIpc) is 2.91. The van der Waals surface area contributed by atoms with Gasteiger partial charge in [-0.05, 0) is 31.0 Å². The third-order valence-corrected chi connectivity index (χ3v) is 3.14. The molecule has 0 aliphatic carbocycles. The fourth-order valence-corrected chi connectivity index (χ4v) is 2.12. The third kappa shape index (κ3) is 3.64. The Kier molecular flexibility index (Phi) is 4.50. The van der Waals surface area contributed by atoms with Crippen molar-refractivity contribution in [3.8, 4) is 11.8 Å². The van der Waals surface area contributed by atoms with E-state index in [-0.39, 0.29) is 24.0 Å². The van der Waals surface area contributed by atoms with E-state index in [1.165, 1.54) is 12.1 Å². The Hall–Kier alpha value is -1.74. The molecule has 1 aromatic carbocycles. The maximum absolute atomic E-state index is 12.9. The molecule has 0 bridgehead atoms. The van der Waals surface area contributed by atoms with Crippen molar-refractivity contribution in [2.45, 2.75) is 31.5 Å². The number of hydrogen-bond acceptors (Lipinski definition) is 3. The minimum atomic E-state index is -4.54. The summed E-state index contributed by atoms with van der Waals surface area (Å²) in [5.41, 5.74) is -0.951. The summed E-state index contributed by atoms with van der Waals surface area (Å²) in [5, 5.41) is 8.66. The second-order valence-corrected chi connectivity index (χ2v) is 4.59. The van der Waals surface area contributed by atoms with E-state index in [1.807, 2.05) is 0 Å². The molecule has 0 spiro atoms. The molecule has 2 rings (SSSR count). The summed E-state index contributed by atoms with van der Waals surface area (Å²) in [5.74, 6) is -0.241. The summed E-state index contributed by atoms with van der Waals surface area (Å²) in [6.07, 6.45) is -2.00. The molecular weight excluding hydrogens is 271 g/mol. The molecular formula is C14H14F3NO2. The first kappa shape index (κ1) is 14.7. The van der Waals surface area contributed by atoms with Crippen molar-refractivity contribution in [3.05, 3.63) is 29.3 Å². The second-order valence-electron chi connectivity index (χ2n) is 4.59. The monoisotopic (exact) mass is 285 g/mol. The molecule has 0 amide bonds. The maximum Gasteiger partial charge on any atom is 0.420 e. The van der Waals surface area contributed by atoms with Crippen molar-refractivity contribution < 1.29 is 22.6 Å². The van der Waals surface area contributed by atoms with E-state index in [0.717, 1.165) is 18.9 Å². The molecule has 1 unspecified atom stereocenters. The van der Waals surface area contributed by atoms with Crippen LogP contribution in [0.2, 0.25) is 0 Å². The highest BCUT2D eigenvalue weighted by Gasteiger charge is 2.34. The van der Waals surface area contributed by atoms with E-state index in [4.69, 9.17) is 14.7 Å². The summed E-state index contributed by atoms with van der Waals surface area (Å²) >= 11 is 0. The lowest BCUT2D eigenvalue weighted by atomic mass is 10.1. The number of benzene rings is 1. The summed E-state index contributed by atoms with van der Waals surface area (Å²) in [6.45, 7) is 0.870. The van der Waals surface area contributed by atoms with Gasteiger partial charge in [-0.3, -0.25) is 0 Å². The predicted molar refractivity (Wildman–Crippen MR) is 65.2 cm³/mol. The number of alkyl halides is 3. The first-order chi connectivity index (χ1) is 9.50.